The van der Waals surface area contributed by atoms with E-state index in [0.29, 0.717) is 5.92 Å². The summed E-state index contributed by atoms with van der Waals surface area (Å²) >= 11 is 0. The monoisotopic (exact) mass is 200 g/mol. The zero-order valence-corrected chi connectivity index (χ0v) is 9.08. The van der Waals surface area contributed by atoms with E-state index in [-0.39, 0.29) is 0 Å². The molecule has 1 aliphatic rings. The fraction of sp³-hybridized carbons (Fsp3) is 0.909. The van der Waals surface area contributed by atoms with Crippen LogP contribution in [0.2, 0.25) is 0 Å². The summed E-state index contributed by atoms with van der Waals surface area (Å²) in [6, 6.07) is 0. The maximum Gasteiger partial charge on any atom is 0.309 e. The Morgan fingerprint density at radius 2 is 2.14 bits per heavy atom. The van der Waals surface area contributed by atoms with Crippen LogP contribution in [0.5, 0.6) is 0 Å². The van der Waals surface area contributed by atoms with Crippen LogP contribution in [0.3, 0.4) is 0 Å². The standard InChI is InChI=1S/C11H20O3/c1-3-11(4-2,10(12)13)7-9-5-6-14-8-9/h9H,3-8H2,1-2H3,(H,12,13). The highest BCUT2D eigenvalue weighted by molar-refractivity contribution is 5.74. The molecule has 1 N–H and O–H groups in total. The molecule has 14 heavy (non-hydrogen) atoms. The van der Waals surface area contributed by atoms with Crippen molar-refractivity contribution in [3.8, 4) is 0 Å². The Morgan fingerprint density at radius 1 is 1.50 bits per heavy atom. The van der Waals surface area contributed by atoms with E-state index >= 15 is 0 Å². The van der Waals surface area contributed by atoms with Gasteiger partial charge >= 0.3 is 5.97 Å². The second-order valence-corrected chi connectivity index (χ2v) is 4.23. The van der Waals surface area contributed by atoms with Gasteiger partial charge in [-0.25, -0.2) is 0 Å². The number of aliphatic carboxylic acids is 1. The van der Waals surface area contributed by atoms with E-state index in [1.165, 1.54) is 0 Å². The molecule has 3 nitrogen and oxygen atoms in total. The molecule has 82 valence electrons. The van der Waals surface area contributed by atoms with E-state index in [1.807, 2.05) is 13.8 Å². The Kier molecular flexibility index (Phi) is 3.93. The van der Waals surface area contributed by atoms with Crippen molar-refractivity contribution in [1.82, 2.24) is 0 Å². The first kappa shape index (κ1) is 11.5. The number of ether oxygens (including phenoxy) is 1. The van der Waals surface area contributed by atoms with Gasteiger partial charge in [-0.1, -0.05) is 13.8 Å². The molecule has 1 saturated heterocycles. The first-order valence-corrected chi connectivity index (χ1v) is 5.45. The van der Waals surface area contributed by atoms with E-state index in [9.17, 15) is 9.90 Å². The highest BCUT2D eigenvalue weighted by Crippen LogP contribution is 2.36. The third kappa shape index (κ3) is 2.27. The maximum absolute atomic E-state index is 11.2. The number of rotatable bonds is 5. The van der Waals surface area contributed by atoms with E-state index in [1.54, 1.807) is 0 Å². The van der Waals surface area contributed by atoms with Gasteiger partial charge in [0.1, 0.15) is 0 Å². The molecule has 0 aromatic rings. The number of carboxylic acids is 1. The lowest BCUT2D eigenvalue weighted by atomic mass is 9.75. The van der Waals surface area contributed by atoms with Crippen molar-refractivity contribution in [3.63, 3.8) is 0 Å². The Morgan fingerprint density at radius 3 is 2.50 bits per heavy atom. The lowest BCUT2D eigenvalue weighted by molar-refractivity contribution is -0.150. The summed E-state index contributed by atoms with van der Waals surface area (Å²) < 4.78 is 5.28. The molecule has 0 aromatic carbocycles. The SMILES string of the molecule is CCC(CC)(CC1CCOC1)C(=O)O. The van der Waals surface area contributed by atoms with Crippen LogP contribution in [-0.4, -0.2) is 24.3 Å². The fourth-order valence-corrected chi connectivity index (χ4v) is 2.23. The quantitative estimate of drug-likeness (QED) is 0.740. The van der Waals surface area contributed by atoms with E-state index in [0.717, 1.165) is 38.9 Å². The fourth-order valence-electron chi connectivity index (χ4n) is 2.23. The molecule has 1 fully saturated rings. The molecular weight excluding hydrogens is 180 g/mol. The van der Waals surface area contributed by atoms with E-state index in [4.69, 9.17) is 4.74 Å². The first-order valence-electron chi connectivity index (χ1n) is 5.45. The average molecular weight is 200 g/mol. The van der Waals surface area contributed by atoms with Gasteiger partial charge in [-0.2, -0.15) is 0 Å². The predicted molar refractivity (Wildman–Crippen MR) is 54.2 cm³/mol. The van der Waals surface area contributed by atoms with Crippen LogP contribution in [0.25, 0.3) is 0 Å². The molecule has 1 aliphatic heterocycles. The molecule has 1 rings (SSSR count). The minimum Gasteiger partial charge on any atom is -0.481 e. The second kappa shape index (κ2) is 4.78. The van der Waals surface area contributed by atoms with Gasteiger partial charge in [-0.3, -0.25) is 4.79 Å². The molecule has 0 amide bonds. The second-order valence-electron chi connectivity index (χ2n) is 4.23. The number of carbonyl (C=O) groups is 1. The number of hydrogen-bond donors (Lipinski definition) is 1. The van der Waals surface area contributed by atoms with E-state index in [2.05, 4.69) is 0 Å². The van der Waals surface area contributed by atoms with Gasteiger partial charge in [0.05, 0.1) is 5.41 Å². The van der Waals surface area contributed by atoms with Crippen molar-refractivity contribution >= 4 is 5.97 Å². The van der Waals surface area contributed by atoms with Gasteiger partial charge in [0.15, 0.2) is 0 Å². The number of carboxylic acid groups (broad SMARTS) is 1. The molecular formula is C11H20O3. The van der Waals surface area contributed by atoms with Gasteiger partial charge in [0.25, 0.3) is 0 Å². The van der Waals surface area contributed by atoms with Crippen molar-refractivity contribution in [1.29, 1.82) is 0 Å². The van der Waals surface area contributed by atoms with Crippen LogP contribution in [-0.2, 0) is 9.53 Å². The van der Waals surface area contributed by atoms with Crippen LogP contribution in [0.1, 0.15) is 39.5 Å². The topological polar surface area (TPSA) is 46.5 Å². The van der Waals surface area contributed by atoms with Crippen LogP contribution < -0.4 is 0 Å². The lowest BCUT2D eigenvalue weighted by Crippen LogP contribution is -2.32. The smallest absolute Gasteiger partial charge is 0.309 e. The van der Waals surface area contributed by atoms with Crippen molar-refractivity contribution < 1.29 is 14.6 Å². The summed E-state index contributed by atoms with van der Waals surface area (Å²) in [5.74, 6) is -0.194. The Hall–Kier alpha value is -0.570. The first-order chi connectivity index (χ1) is 6.64. The molecule has 1 heterocycles. The normalized spacial score (nSPS) is 22.6. The third-order valence-electron chi connectivity index (χ3n) is 3.51. The average Bonchev–Trinajstić information content (AvgIpc) is 2.66. The molecule has 0 saturated carbocycles. The maximum atomic E-state index is 11.2. The van der Waals surface area contributed by atoms with Crippen LogP contribution in [0.15, 0.2) is 0 Å². The minimum absolute atomic E-state index is 0.450. The highest BCUT2D eigenvalue weighted by Gasteiger charge is 2.37. The van der Waals surface area contributed by atoms with Crippen LogP contribution in [0.4, 0.5) is 0 Å². The summed E-state index contributed by atoms with van der Waals surface area (Å²) in [5.41, 5.74) is -0.516. The minimum atomic E-state index is -0.644. The molecule has 0 aromatic heterocycles. The zero-order valence-electron chi connectivity index (χ0n) is 9.08. The lowest BCUT2D eigenvalue weighted by Gasteiger charge is -2.29. The predicted octanol–water partition coefficient (Wildman–Crippen LogP) is 2.30. The highest BCUT2D eigenvalue weighted by atomic mass is 16.5. The summed E-state index contributed by atoms with van der Waals surface area (Å²) in [7, 11) is 0. The molecule has 0 bridgehead atoms. The van der Waals surface area contributed by atoms with Crippen LogP contribution >= 0.6 is 0 Å². The summed E-state index contributed by atoms with van der Waals surface area (Å²) in [5, 5.41) is 9.24. The Balaban J connectivity index is 2.61. The van der Waals surface area contributed by atoms with Crippen molar-refractivity contribution in [2.75, 3.05) is 13.2 Å². The van der Waals surface area contributed by atoms with E-state index < -0.39 is 11.4 Å². The Bertz CT molecular complexity index is 191. The molecule has 0 spiro atoms. The molecule has 0 aliphatic carbocycles. The molecule has 3 heteroatoms. The van der Waals surface area contributed by atoms with Gasteiger partial charge < -0.3 is 9.84 Å². The Labute approximate surface area is 85.5 Å². The molecule has 1 unspecified atom stereocenters. The number of hydrogen-bond acceptors (Lipinski definition) is 2. The van der Waals surface area contributed by atoms with Gasteiger partial charge in [-0.05, 0) is 31.6 Å². The van der Waals surface area contributed by atoms with Gasteiger partial charge in [-0.15, -0.1) is 0 Å². The largest absolute Gasteiger partial charge is 0.481 e. The van der Waals surface area contributed by atoms with Crippen LogP contribution in [0, 0.1) is 11.3 Å². The van der Waals surface area contributed by atoms with Crippen molar-refractivity contribution in [3.05, 3.63) is 0 Å². The van der Waals surface area contributed by atoms with Gasteiger partial charge in [0, 0.05) is 13.2 Å². The third-order valence-corrected chi connectivity index (χ3v) is 3.51. The zero-order chi connectivity index (χ0) is 10.6. The summed E-state index contributed by atoms with van der Waals surface area (Å²) in [4.78, 5) is 11.2. The van der Waals surface area contributed by atoms with Crippen molar-refractivity contribution in [2.45, 2.75) is 39.5 Å². The molecule has 1 atom stereocenters. The molecule has 0 radical (unpaired) electrons. The summed E-state index contributed by atoms with van der Waals surface area (Å²) in [6.07, 6.45) is 3.23. The summed E-state index contributed by atoms with van der Waals surface area (Å²) in [6.45, 7) is 5.48. The van der Waals surface area contributed by atoms with Crippen molar-refractivity contribution in [2.24, 2.45) is 11.3 Å². The van der Waals surface area contributed by atoms with Gasteiger partial charge in [0.2, 0.25) is 0 Å².